The van der Waals surface area contributed by atoms with Gasteiger partial charge in [0.2, 0.25) is 5.91 Å². The highest BCUT2D eigenvalue weighted by molar-refractivity contribution is 5.97. The number of pyridine rings is 1. The minimum absolute atomic E-state index is 0.217. The number of aliphatic carboxylic acids is 1. The molecule has 3 rings (SSSR count). The quantitative estimate of drug-likeness (QED) is 0.863. The van der Waals surface area contributed by atoms with Crippen LogP contribution in [0.25, 0.3) is 10.9 Å². The summed E-state index contributed by atoms with van der Waals surface area (Å²) in [5, 5.41) is 12.3. The lowest BCUT2D eigenvalue weighted by Crippen LogP contribution is -2.57. The number of fused-ring (bicyclic) bond motifs is 1. The smallest absolute Gasteiger partial charge is 0.326 e. The van der Waals surface area contributed by atoms with Crippen molar-refractivity contribution in [2.45, 2.75) is 12.5 Å². The van der Waals surface area contributed by atoms with Gasteiger partial charge in [-0.2, -0.15) is 0 Å². The molecule has 2 aromatic rings. The van der Waals surface area contributed by atoms with E-state index in [2.05, 4.69) is 10.3 Å². The third-order valence-corrected chi connectivity index (χ3v) is 3.86. The van der Waals surface area contributed by atoms with Crippen LogP contribution in [0, 0.1) is 0 Å². The number of hydrogen-bond acceptors (Lipinski definition) is 4. The van der Waals surface area contributed by atoms with Crippen LogP contribution in [0.15, 0.2) is 36.4 Å². The van der Waals surface area contributed by atoms with Crippen LogP contribution >= 0.6 is 0 Å². The highest BCUT2D eigenvalue weighted by Crippen LogP contribution is 2.17. The maximum absolute atomic E-state index is 12.1. The maximum atomic E-state index is 12.1. The first-order chi connectivity index (χ1) is 11.1. The highest BCUT2D eigenvalue weighted by atomic mass is 16.4. The van der Waals surface area contributed by atoms with Gasteiger partial charge in [-0.1, -0.05) is 24.3 Å². The number of likely N-dealkylation sites (tertiary alicyclic amines) is 1. The molecule has 2 N–H and O–H groups in total. The summed E-state index contributed by atoms with van der Waals surface area (Å²) >= 11 is 0. The van der Waals surface area contributed by atoms with Crippen molar-refractivity contribution >= 4 is 28.7 Å². The zero-order valence-electron chi connectivity index (χ0n) is 12.2. The zero-order chi connectivity index (χ0) is 16.4. The van der Waals surface area contributed by atoms with Crippen molar-refractivity contribution in [1.29, 1.82) is 0 Å². The molecule has 0 saturated carbocycles. The van der Waals surface area contributed by atoms with E-state index in [0.29, 0.717) is 18.5 Å². The van der Waals surface area contributed by atoms with E-state index in [1.807, 2.05) is 18.2 Å². The van der Waals surface area contributed by atoms with Gasteiger partial charge in [-0.15, -0.1) is 0 Å². The molecule has 0 unspecified atom stereocenters. The fraction of sp³-hybridized carbons (Fsp3) is 0.250. The molecule has 0 bridgehead atoms. The number of benzene rings is 1. The zero-order valence-corrected chi connectivity index (χ0v) is 12.2. The predicted octanol–water partition coefficient (Wildman–Crippen LogP) is 0.650. The van der Waals surface area contributed by atoms with Gasteiger partial charge in [-0.05, 0) is 18.6 Å². The average molecular weight is 313 g/mol. The number of rotatable bonds is 4. The molecule has 2 amide bonds. The molecule has 7 nitrogen and oxygen atoms in total. The van der Waals surface area contributed by atoms with Crippen LogP contribution < -0.4 is 5.32 Å². The maximum Gasteiger partial charge on any atom is 0.326 e. The van der Waals surface area contributed by atoms with E-state index < -0.39 is 23.8 Å². The summed E-state index contributed by atoms with van der Waals surface area (Å²) in [6.45, 7) is 0.164. The molecule has 1 aliphatic heterocycles. The van der Waals surface area contributed by atoms with Gasteiger partial charge < -0.3 is 15.3 Å². The first-order valence-electron chi connectivity index (χ1n) is 7.22. The number of carbonyl (C=O) groups is 3. The molecule has 23 heavy (non-hydrogen) atoms. The second-order valence-corrected chi connectivity index (χ2v) is 5.30. The fourth-order valence-electron chi connectivity index (χ4n) is 2.48. The van der Waals surface area contributed by atoms with Crippen molar-refractivity contribution in [1.82, 2.24) is 15.2 Å². The van der Waals surface area contributed by atoms with Gasteiger partial charge in [0, 0.05) is 11.9 Å². The Morgan fingerprint density at radius 3 is 2.70 bits per heavy atom. The van der Waals surface area contributed by atoms with E-state index >= 15 is 0 Å². The Morgan fingerprint density at radius 1 is 1.22 bits per heavy atom. The number of aromatic nitrogens is 1. The first kappa shape index (κ1) is 15.0. The van der Waals surface area contributed by atoms with Crippen LogP contribution in [0.5, 0.6) is 0 Å². The van der Waals surface area contributed by atoms with Gasteiger partial charge >= 0.3 is 5.97 Å². The molecule has 1 saturated heterocycles. The first-order valence-corrected chi connectivity index (χ1v) is 7.22. The molecule has 0 aliphatic carbocycles. The third kappa shape index (κ3) is 2.98. The summed E-state index contributed by atoms with van der Waals surface area (Å²) in [5.74, 6) is -1.89. The number of nitrogens with zero attached hydrogens (tertiary/aromatic N) is 2. The Bertz CT molecular complexity index is 790. The van der Waals surface area contributed by atoms with Crippen LogP contribution in [0.2, 0.25) is 0 Å². The predicted molar refractivity (Wildman–Crippen MR) is 81.8 cm³/mol. The van der Waals surface area contributed by atoms with Gasteiger partial charge in [0.05, 0.1) is 12.1 Å². The van der Waals surface area contributed by atoms with Gasteiger partial charge in [0.15, 0.2) is 0 Å². The summed E-state index contributed by atoms with van der Waals surface area (Å²) in [6.07, 6.45) is 0.446. The number of carboxylic acids is 1. The Morgan fingerprint density at radius 2 is 2.00 bits per heavy atom. The minimum atomic E-state index is -1.02. The molecular weight excluding hydrogens is 298 g/mol. The van der Waals surface area contributed by atoms with Gasteiger partial charge in [0.1, 0.15) is 11.7 Å². The number of carboxylic acid groups (broad SMARTS) is 1. The fourth-order valence-corrected chi connectivity index (χ4v) is 2.48. The monoisotopic (exact) mass is 313 g/mol. The molecule has 7 heteroatoms. The Kier molecular flexibility index (Phi) is 3.92. The minimum Gasteiger partial charge on any atom is -0.480 e. The van der Waals surface area contributed by atoms with Crippen molar-refractivity contribution in [3.05, 3.63) is 42.1 Å². The van der Waals surface area contributed by atoms with Gasteiger partial charge in [0.25, 0.3) is 5.91 Å². The summed E-state index contributed by atoms with van der Waals surface area (Å²) in [5.41, 5.74) is 0.912. The Hall–Kier alpha value is -2.96. The van der Waals surface area contributed by atoms with Crippen molar-refractivity contribution in [3.8, 4) is 0 Å². The summed E-state index contributed by atoms with van der Waals surface area (Å²) < 4.78 is 0. The van der Waals surface area contributed by atoms with Crippen molar-refractivity contribution < 1.29 is 19.5 Å². The molecule has 1 aromatic heterocycles. The molecule has 0 spiro atoms. The molecular formula is C16H15N3O4. The van der Waals surface area contributed by atoms with E-state index in [0.717, 1.165) is 5.39 Å². The largest absolute Gasteiger partial charge is 0.480 e. The number of carbonyl (C=O) groups excluding carboxylic acids is 2. The van der Waals surface area contributed by atoms with Crippen LogP contribution in [-0.4, -0.2) is 51.9 Å². The highest BCUT2D eigenvalue weighted by Gasteiger charge is 2.37. The standard InChI is InChI=1S/C16H15N3O4/c20-14(19-8-7-13(19)16(22)23)9-17-15(21)12-6-5-10-3-1-2-4-11(10)18-12/h1-6,13H,7-9H2,(H,17,21)(H,22,23)/t13-/m1/s1. The molecule has 1 aromatic carbocycles. The number of hydrogen-bond donors (Lipinski definition) is 2. The molecule has 1 atom stereocenters. The van der Waals surface area contributed by atoms with Crippen LogP contribution in [0.3, 0.4) is 0 Å². The lowest BCUT2D eigenvalue weighted by molar-refractivity contribution is -0.156. The van der Waals surface area contributed by atoms with Gasteiger partial charge in [-0.25, -0.2) is 9.78 Å². The van der Waals surface area contributed by atoms with Crippen LogP contribution in [-0.2, 0) is 9.59 Å². The third-order valence-electron chi connectivity index (χ3n) is 3.86. The van der Waals surface area contributed by atoms with Crippen molar-refractivity contribution in [2.24, 2.45) is 0 Å². The normalized spacial score (nSPS) is 16.7. The lowest BCUT2D eigenvalue weighted by Gasteiger charge is -2.37. The van der Waals surface area contributed by atoms with E-state index in [1.165, 1.54) is 4.90 Å². The molecule has 2 heterocycles. The summed E-state index contributed by atoms with van der Waals surface area (Å²) in [6, 6.07) is 10.0. The topological polar surface area (TPSA) is 99.6 Å². The molecule has 118 valence electrons. The Labute approximate surface area is 131 Å². The molecule has 1 fully saturated rings. The SMILES string of the molecule is O=C(NCC(=O)N1CC[C@@H]1C(=O)O)c1ccc2ccccc2n1. The van der Waals surface area contributed by atoms with E-state index in [9.17, 15) is 14.4 Å². The summed E-state index contributed by atoms with van der Waals surface area (Å²) in [7, 11) is 0. The van der Waals surface area contributed by atoms with Crippen molar-refractivity contribution in [3.63, 3.8) is 0 Å². The number of nitrogens with one attached hydrogen (secondary N) is 1. The van der Waals surface area contributed by atoms with Crippen LogP contribution in [0.1, 0.15) is 16.9 Å². The second kappa shape index (κ2) is 6.04. The van der Waals surface area contributed by atoms with E-state index in [4.69, 9.17) is 5.11 Å². The second-order valence-electron chi connectivity index (χ2n) is 5.30. The van der Waals surface area contributed by atoms with E-state index in [-0.39, 0.29) is 12.2 Å². The number of para-hydroxylation sites is 1. The van der Waals surface area contributed by atoms with Crippen molar-refractivity contribution in [2.75, 3.05) is 13.1 Å². The van der Waals surface area contributed by atoms with Gasteiger partial charge in [-0.3, -0.25) is 9.59 Å². The number of amides is 2. The average Bonchev–Trinajstić information content (AvgIpc) is 2.50. The molecule has 1 aliphatic rings. The van der Waals surface area contributed by atoms with Crippen LogP contribution in [0.4, 0.5) is 0 Å². The lowest BCUT2D eigenvalue weighted by atomic mass is 10.0. The van der Waals surface area contributed by atoms with E-state index in [1.54, 1.807) is 18.2 Å². The Balaban J connectivity index is 1.62. The molecule has 0 radical (unpaired) electrons. The summed E-state index contributed by atoms with van der Waals surface area (Å²) in [4.78, 5) is 40.4.